The molecule has 1 heterocycles. The van der Waals surface area contributed by atoms with Crippen LogP contribution in [0.3, 0.4) is 0 Å². The summed E-state index contributed by atoms with van der Waals surface area (Å²) < 4.78 is 1.61. The maximum absolute atomic E-state index is 12.1. The molecule has 20 heavy (non-hydrogen) atoms. The van der Waals surface area contributed by atoms with Crippen molar-refractivity contribution in [2.75, 3.05) is 0 Å². The normalized spacial score (nSPS) is 29.6. The van der Waals surface area contributed by atoms with Crippen LogP contribution in [0.5, 0.6) is 0 Å². The molecule has 5 heteroatoms. The highest BCUT2D eigenvalue weighted by atomic mass is 35.5. The number of nitrogens with one attached hydrogen (secondary N) is 1. The second kappa shape index (κ2) is 5.40. The summed E-state index contributed by atoms with van der Waals surface area (Å²) in [5.41, 5.74) is 0.764. The van der Waals surface area contributed by atoms with Gasteiger partial charge in [-0.05, 0) is 50.9 Å². The molecule has 1 aromatic rings. The Morgan fingerprint density at radius 2 is 2.35 bits per heavy atom. The molecule has 2 bridgehead atoms. The summed E-state index contributed by atoms with van der Waals surface area (Å²) in [6.45, 7) is 4.23. The fraction of sp³-hybridized carbons (Fsp3) is 0.733. The molecule has 0 saturated heterocycles. The smallest absolute Gasteiger partial charge is 0.241 e. The van der Waals surface area contributed by atoms with Crippen LogP contribution >= 0.6 is 11.6 Å². The van der Waals surface area contributed by atoms with Crippen LogP contribution in [0.25, 0.3) is 0 Å². The number of rotatable bonds is 4. The maximum Gasteiger partial charge on any atom is 0.241 e. The lowest BCUT2D eigenvalue weighted by atomic mass is 9.84. The van der Waals surface area contributed by atoms with Crippen LogP contribution in [0.15, 0.2) is 6.20 Å². The number of carbonyl (C=O) groups excluding carboxylic acids is 1. The number of halogens is 1. The quantitative estimate of drug-likeness (QED) is 0.928. The van der Waals surface area contributed by atoms with Gasteiger partial charge < -0.3 is 5.32 Å². The first kappa shape index (κ1) is 13.9. The van der Waals surface area contributed by atoms with Crippen molar-refractivity contribution in [1.29, 1.82) is 0 Å². The summed E-state index contributed by atoms with van der Waals surface area (Å²) in [7, 11) is 0. The average molecular weight is 296 g/mol. The van der Waals surface area contributed by atoms with Crippen molar-refractivity contribution in [2.45, 2.75) is 52.1 Å². The molecule has 0 aliphatic heterocycles. The second-order valence-electron chi connectivity index (χ2n) is 6.45. The zero-order valence-electron chi connectivity index (χ0n) is 12.1. The first-order valence-electron chi connectivity index (χ1n) is 7.52. The summed E-state index contributed by atoms with van der Waals surface area (Å²) in [5, 5.41) is 7.97. The highest BCUT2D eigenvalue weighted by Crippen LogP contribution is 2.49. The van der Waals surface area contributed by atoms with Gasteiger partial charge in [-0.25, -0.2) is 0 Å². The average Bonchev–Trinajstić information content (AvgIpc) is 3.06. The summed E-state index contributed by atoms with van der Waals surface area (Å²) >= 11 is 5.95. The number of aromatic nitrogens is 2. The third-order valence-electron chi connectivity index (χ3n) is 5.02. The van der Waals surface area contributed by atoms with Gasteiger partial charge in [-0.15, -0.1) is 0 Å². The van der Waals surface area contributed by atoms with Crippen LogP contribution in [-0.4, -0.2) is 21.7 Å². The van der Waals surface area contributed by atoms with E-state index in [4.69, 9.17) is 11.6 Å². The molecule has 2 aliphatic carbocycles. The molecule has 1 N–H and O–H groups in total. The van der Waals surface area contributed by atoms with E-state index >= 15 is 0 Å². The number of hydrogen-bond acceptors (Lipinski definition) is 2. The highest BCUT2D eigenvalue weighted by molar-refractivity contribution is 6.31. The molecule has 1 aromatic heterocycles. The molecule has 0 unspecified atom stereocenters. The molecular formula is C15H22ClN3O. The molecule has 0 aromatic carbocycles. The van der Waals surface area contributed by atoms with Crippen molar-refractivity contribution < 1.29 is 4.79 Å². The van der Waals surface area contributed by atoms with Gasteiger partial charge in [-0.1, -0.05) is 18.0 Å². The van der Waals surface area contributed by atoms with E-state index < -0.39 is 0 Å². The van der Waals surface area contributed by atoms with Crippen molar-refractivity contribution in [3.05, 3.63) is 16.9 Å². The fourth-order valence-electron chi connectivity index (χ4n) is 4.03. The first-order valence-corrected chi connectivity index (χ1v) is 7.89. The van der Waals surface area contributed by atoms with E-state index in [0.29, 0.717) is 10.9 Å². The molecule has 3 rings (SSSR count). The molecule has 4 nitrogen and oxygen atoms in total. The van der Waals surface area contributed by atoms with Crippen molar-refractivity contribution in [3.63, 3.8) is 0 Å². The highest BCUT2D eigenvalue weighted by Gasteiger charge is 2.42. The Kier molecular flexibility index (Phi) is 3.76. The number of aryl methyl sites for hydroxylation is 1. The summed E-state index contributed by atoms with van der Waals surface area (Å²) in [6, 6.07) is 0.268. The molecule has 1 amide bonds. The third-order valence-corrected chi connectivity index (χ3v) is 5.39. The maximum atomic E-state index is 12.1. The van der Waals surface area contributed by atoms with Gasteiger partial charge in [0.05, 0.1) is 10.7 Å². The van der Waals surface area contributed by atoms with Gasteiger partial charge in [0.1, 0.15) is 6.54 Å². The number of fused-ring (bicyclic) bond motifs is 2. The number of nitrogens with zero attached hydrogens (tertiary/aromatic N) is 2. The Morgan fingerprint density at radius 3 is 2.90 bits per heavy atom. The third kappa shape index (κ3) is 2.71. The van der Waals surface area contributed by atoms with Crippen LogP contribution in [0.2, 0.25) is 5.02 Å². The van der Waals surface area contributed by atoms with Crippen molar-refractivity contribution >= 4 is 17.5 Å². The lowest BCUT2D eigenvalue weighted by molar-refractivity contribution is -0.122. The number of hydrogen-bond donors (Lipinski definition) is 1. The predicted molar refractivity (Wildman–Crippen MR) is 78.5 cm³/mol. The Balaban J connectivity index is 1.53. The lowest BCUT2D eigenvalue weighted by Gasteiger charge is -2.28. The van der Waals surface area contributed by atoms with Gasteiger partial charge in [0.25, 0.3) is 0 Å². The van der Waals surface area contributed by atoms with Crippen LogP contribution in [0, 0.1) is 24.7 Å². The molecule has 0 spiro atoms. The van der Waals surface area contributed by atoms with E-state index in [0.717, 1.165) is 17.5 Å². The van der Waals surface area contributed by atoms with Gasteiger partial charge in [-0.2, -0.15) is 5.10 Å². The van der Waals surface area contributed by atoms with Crippen molar-refractivity contribution in [2.24, 2.45) is 17.8 Å². The van der Waals surface area contributed by atoms with Crippen LogP contribution in [-0.2, 0) is 11.3 Å². The van der Waals surface area contributed by atoms with Crippen LogP contribution < -0.4 is 5.32 Å². The van der Waals surface area contributed by atoms with Gasteiger partial charge >= 0.3 is 0 Å². The Labute approximate surface area is 124 Å². The minimum Gasteiger partial charge on any atom is -0.352 e. The van der Waals surface area contributed by atoms with Crippen molar-refractivity contribution in [3.8, 4) is 0 Å². The zero-order chi connectivity index (χ0) is 14.3. The molecule has 2 saturated carbocycles. The predicted octanol–water partition coefficient (Wildman–Crippen LogP) is 2.79. The molecule has 2 aliphatic rings. The standard InChI is InChI=1S/C15H22ClN3O/c1-9(13-6-11-3-4-12(13)5-11)17-15(20)8-19-7-14(16)10(2)18-19/h7,9,11-13H,3-6,8H2,1-2H3,(H,17,20)/t9-,11-,12-,13+/m0/s1. The molecule has 4 atom stereocenters. The molecule has 2 fully saturated rings. The van der Waals surface area contributed by atoms with Gasteiger partial charge in [0.15, 0.2) is 0 Å². The minimum atomic E-state index is 0.0273. The van der Waals surface area contributed by atoms with Gasteiger partial charge in [-0.3, -0.25) is 9.48 Å². The Bertz CT molecular complexity index is 494. The Morgan fingerprint density at radius 1 is 1.55 bits per heavy atom. The van der Waals surface area contributed by atoms with E-state index in [1.165, 1.54) is 25.7 Å². The fourth-order valence-corrected chi connectivity index (χ4v) is 4.19. The number of amides is 1. The van der Waals surface area contributed by atoms with Crippen LogP contribution in [0.1, 0.15) is 38.3 Å². The summed E-state index contributed by atoms with van der Waals surface area (Å²) in [4.78, 5) is 12.1. The SMILES string of the molecule is Cc1nn(CC(=O)N[C@@H](C)[C@H]2C[C@H]3CC[C@H]2C3)cc1Cl. The number of carbonyl (C=O) groups is 1. The molecular weight excluding hydrogens is 274 g/mol. The van der Waals surface area contributed by atoms with E-state index in [1.807, 2.05) is 6.92 Å². The monoisotopic (exact) mass is 295 g/mol. The topological polar surface area (TPSA) is 46.9 Å². The summed E-state index contributed by atoms with van der Waals surface area (Å²) in [5.74, 6) is 2.44. The van der Waals surface area contributed by atoms with Gasteiger partial charge in [0, 0.05) is 12.2 Å². The van der Waals surface area contributed by atoms with Crippen molar-refractivity contribution in [1.82, 2.24) is 15.1 Å². The zero-order valence-corrected chi connectivity index (χ0v) is 12.9. The van der Waals surface area contributed by atoms with E-state index in [2.05, 4.69) is 17.3 Å². The largest absolute Gasteiger partial charge is 0.352 e. The van der Waals surface area contributed by atoms with Gasteiger partial charge in [0.2, 0.25) is 5.91 Å². The second-order valence-corrected chi connectivity index (χ2v) is 6.86. The van der Waals surface area contributed by atoms with E-state index in [9.17, 15) is 4.79 Å². The Hall–Kier alpha value is -1.03. The summed E-state index contributed by atoms with van der Waals surface area (Å²) in [6.07, 6.45) is 7.12. The van der Waals surface area contributed by atoms with Crippen LogP contribution in [0.4, 0.5) is 0 Å². The first-order chi connectivity index (χ1) is 9.52. The molecule has 110 valence electrons. The van der Waals surface area contributed by atoms with E-state index in [-0.39, 0.29) is 18.5 Å². The lowest BCUT2D eigenvalue weighted by Crippen LogP contribution is -2.41. The minimum absolute atomic E-state index is 0.0273. The van der Waals surface area contributed by atoms with E-state index in [1.54, 1.807) is 10.9 Å². The molecule has 0 radical (unpaired) electrons.